The van der Waals surface area contributed by atoms with Gasteiger partial charge in [-0.15, -0.1) is 15.3 Å². The van der Waals surface area contributed by atoms with Gasteiger partial charge in [-0.2, -0.15) is 17.7 Å². The van der Waals surface area contributed by atoms with Crippen molar-refractivity contribution in [3.05, 3.63) is 53.3 Å². The SMILES string of the molecule is CCN(C)Cc1cccc(CNc2ccc3nnc(C(F)(F)F)n3n2)c1. The van der Waals surface area contributed by atoms with Gasteiger partial charge in [0.05, 0.1) is 0 Å². The van der Waals surface area contributed by atoms with Gasteiger partial charge in [0.2, 0.25) is 0 Å². The molecule has 0 radical (unpaired) electrons. The highest BCUT2D eigenvalue weighted by atomic mass is 19.4. The van der Waals surface area contributed by atoms with Gasteiger partial charge in [0.1, 0.15) is 5.82 Å². The second kappa shape index (κ2) is 7.28. The van der Waals surface area contributed by atoms with Crippen LogP contribution in [0.4, 0.5) is 19.0 Å². The molecule has 2 aromatic heterocycles. The summed E-state index contributed by atoms with van der Waals surface area (Å²) in [4.78, 5) is 2.19. The minimum atomic E-state index is -4.61. The maximum Gasteiger partial charge on any atom is 0.453 e. The molecule has 9 heteroatoms. The third-order valence-electron chi connectivity index (χ3n) is 3.97. The molecule has 6 nitrogen and oxygen atoms in total. The molecule has 26 heavy (non-hydrogen) atoms. The van der Waals surface area contributed by atoms with E-state index in [0.717, 1.165) is 18.7 Å². The molecule has 0 atom stereocenters. The summed E-state index contributed by atoms with van der Waals surface area (Å²) in [6.45, 7) is 4.33. The van der Waals surface area contributed by atoms with Gasteiger partial charge in [-0.25, -0.2) is 0 Å². The summed E-state index contributed by atoms with van der Waals surface area (Å²) in [6, 6.07) is 11.1. The summed E-state index contributed by atoms with van der Waals surface area (Å²) in [5, 5.41) is 13.7. The van der Waals surface area contributed by atoms with Crippen LogP contribution < -0.4 is 5.32 Å². The Bertz CT molecular complexity index is 890. The van der Waals surface area contributed by atoms with Crippen molar-refractivity contribution in [1.82, 2.24) is 24.7 Å². The van der Waals surface area contributed by atoms with E-state index in [9.17, 15) is 13.2 Å². The zero-order valence-electron chi connectivity index (χ0n) is 14.5. The van der Waals surface area contributed by atoms with E-state index in [4.69, 9.17) is 0 Å². The van der Waals surface area contributed by atoms with Crippen molar-refractivity contribution in [3.63, 3.8) is 0 Å². The van der Waals surface area contributed by atoms with Gasteiger partial charge in [-0.05, 0) is 36.9 Å². The van der Waals surface area contributed by atoms with Crippen molar-refractivity contribution in [2.24, 2.45) is 0 Å². The second-order valence-electron chi connectivity index (χ2n) is 6.01. The molecule has 0 unspecified atom stereocenters. The summed E-state index contributed by atoms with van der Waals surface area (Å²) < 4.78 is 39.5. The molecule has 0 saturated heterocycles. The molecule has 1 aromatic carbocycles. The Morgan fingerprint density at radius 3 is 2.62 bits per heavy atom. The molecule has 0 bridgehead atoms. The number of anilines is 1. The Balaban J connectivity index is 1.75. The molecule has 0 aliphatic carbocycles. The normalized spacial score (nSPS) is 12.1. The van der Waals surface area contributed by atoms with Gasteiger partial charge in [0.15, 0.2) is 5.65 Å². The lowest BCUT2D eigenvalue weighted by molar-refractivity contribution is -0.146. The third kappa shape index (κ3) is 4.10. The molecule has 0 saturated carbocycles. The molecular weight excluding hydrogens is 345 g/mol. The molecule has 0 amide bonds. The van der Waals surface area contributed by atoms with Gasteiger partial charge < -0.3 is 10.2 Å². The van der Waals surface area contributed by atoms with E-state index in [0.29, 0.717) is 16.9 Å². The van der Waals surface area contributed by atoms with E-state index in [1.54, 1.807) is 6.07 Å². The van der Waals surface area contributed by atoms with Crippen LogP contribution in [0.15, 0.2) is 36.4 Å². The van der Waals surface area contributed by atoms with Gasteiger partial charge in [-0.1, -0.05) is 31.2 Å². The summed E-state index contributed by atoms with van der Waals surface area (Å²) in [7, 11) is 2.04. The van der Waals surface area contributed by atoms with Crippen molar-refractivity contribution >= 4 is 11.5 Å². The predicted octanol–water partition coefficient (Wildman–Crippen LogP) is 3.21. The minimum Gasteiger partial charge on any atom is -0.365 e. The van der Waals surface area contributed by atoms with Crippen molar-refractivity contribution < 1.29 is 13.2 Å². The van der Waals surface area contributed by atoms with Gasteiger partial charge in [0.25, 0.3) is 5.82 Å². The largest absolute Gasteiger partial charge is 0.453 e. The lowest BCUT2D eigenvalue weighted by Gasteiger charge is -2.14. The third-order valence-corrected chi connectivity index (χ3v) is 3.97. The van der Waals surface area contributed by atoms with Crippen LogP contribution in [-0.4, -0.2) is 38.3 Å². The Labute approximate surface area is 148 Å². The number of benzene rings is 1. The Morgan fingerprint density at radius 2 is 1.88 bits per heavy atom. The lowest BCUT2D eigenvalue weighted by Crippen LogP contribution is -2.16. The second-order valence-corrected chi connectivity index (χ2v) is 6.01. The maximum absolute atomic E-state index is 12.9. The number of nitrogens with one attached hydrogen (secondary N) is 1. The van der Waals surface area contributed by atoms with Gasteiger partial charge in [-0.3, -0.25) is 0 Å². The van der Waals surface area contributed by atoms with Crippen LogP contribution in [-0.2, 0) is 19.3 Å². The summed E-state index contributed by atoms with van der Waals surface area (Å²) in [6.07, 6.45) is -4.61. The van der Waals surface area contributed by atoms with E-state index in [1.807, 2.05) is 25.2 Å². The van der Waals surface area contributed by atoms with Crippen molar-refractivity contribution in [2.75, 3.05) is 18.9 Å². The number of nitrogens with zero attached hydrogens (tertiary/aromatic N) is 5. The maximum atomic E-state index is 12.9. The monoisotopic (exact) mass is 364 g/mol. The number of fused-ring (bicyclic) bond motifs is 1. The molecule has 0 fully saturated rings. The Hall–Kier alpha value is -2.68. The Kier molecular flexibility index (Phi) is 5.08. The predicted molar refractivity (Wildman–Crippen MR) is 91.6 cm³/mol. The first-order valence-electron chi connectivity index (χ1n) is 8.16. The van der Waals surface area contributed by atoms with Crippen LogP contribution >= 0.6 is 0 Å². The van der Waals surface area contributed by atoms with Gasteiger partial charge in [0, 0.05) is 13.1 Å². The molecule has 138 valence electrons. The highest BCUT2D eigenvalue weighted by molar-refractivity contribution is 5.44. The lowest BCUT2D eigenvalue weighted by atomic mass is 10.1. The molecule has 3 rings (SSSR count). The fraction of sp³-hybridized carbons (Fsp3) is 0.353. The number of hydrogen-bond donors (Lipinski definition) is 1. The van der Waals surface area contributed by atoms with Crippen LogP contribution in [0.3, 0.4) is 0 Å². The van der Waals surface area contributed by atoms with E-state index in [1.165, 1.54) is 11.6 Å². The topological polar surface area (TPSA) is 58.3 Å². The molecule has 0 aliphatic heterocycles. The first-order valence-corrected chi connectivity index (χ1v) is 8.16. The fourth-order valence-electron chi connectivity index (χ4n) is 2.51. The first-order chi connectivity index (χ1) is 12.4. The van der Waals surface area contributed by atoms with Crippen molar-refractivity contribution in [1.29, 1.82) is 0 Å². The van der Waals surface area contributed by atoms with E-state index < -0.39 is 12.0 Å². The summed E-state index contributed by atoms with van der Waals surface area (Å²) in [5.74, 6) is -0.820. The molecule has 1 N–H and O–H groups in total. The van der Waals surface area contributed by atoms with E-state index >= 15 is 0 Å². The van der Waals surface area contributed by atoms with Crippen LogP contribution in [0.2, 0.25) is 0 Å². The highest BCUT2D eigenvalue weighted by Crippen LogP contribution is 2.27. The number of halogens is 3. The number of hydrogen-bond acceptors (Lipinski definition) is 5. The molecule has 3 aromatic rings. The highest BCUT2D eigenvalue weighted by Gasteiger charge is 2.37. The van der Waals surface area contributed by atoms with Crippen molar-refractivity contribution in [2.45, 2.75) is 26.2 Å². The summed E-state index contributed by atoms with van der Waals surface area (Å²) >= 11 is 0. The average molecular weight is 364 g/mol. The van der Waals surface area contributed by atoms with Crippen LogP contribution in [0, 0.1) is 0 Å². The molecular formula is C17H19F3N6. The number of rotatable bonds is 6. The van der Waals surface area contributed by atoms with Crippen LogP contribution in [0.5, 0.6) is 0 Å². The molecule has 0 spiro atoms. The van der Waals surface area contributed by atoms with E-state index in [-0.39, 0.29) is 5.65 Å². The molecule has 2 heterocycles. The number of aromatic nitrogens is 4. The minimum absolute atomic E-state index is 0.0486. The van der Waals surface area contributed by atoms with Crippen LogP contribution in [0.1, 0.15) is 23.9 Å². The smallest absolute Gasteiger partial charge is 0.365 e. The first kappa shape index (κ1) is 18.1. The average Bonchev–Trinajstić information content (AvgIpc) is 3.03. The zero-order valence-corrected chi connectivity index (χ0v) is 14.5. The van der Waals surface area contributed by atoms with Crippen molar-refractivity contribution in [3.8, 4) is 0 Å². The Morgan fingerprint density at radius 1 is 1.12 bits per heavy atom. The quantitative estimate of drug-likeness (QED) is 0.728. The van der Waals surface area contributed by atoms with Gasteiger partial charge >= 0.3 is 6.18 Å². The summed E-state index contributed by atoms with van der Waals surface area (Å²) in [5.41, 5.74) is 2.25. The zero-order chi connectivity index (χ0) is 18.7. The standard InChI is InChI=1S/C17H19F3N6/c1-3-25(2)11-13-6-4-5-12(9-13)10-21-14-7-8-15-22-23-16(17(18,19)20)26(15)24-14/h4-9H,3,10-11H2,1-2H3,(H,21,24). The molecule has 0 aliphatic rings. The number of alkyl halides is 3. The van der Waals surface area contributed by atoms with Crippen LogP contribution in [0.25, 0.3) is 5.65 Å². The van der Waals surface area contributed by atoms with E-state index in [2.05, 4.69) is 38.5 Å². The fourth-order valence-corrected chi connectivity index (χ4v) is 2.51.